The Morgan fingerprint density at radius 3 is 2.38 bits per heavy atom. The van der Waals surface area contributed by atoms with Gasteiger partial charge in [0.1, 0.15) is 34.0 Å². The summed E-state index contributed by atoms with van der Waals surface area (Å²) < 4.78 is 11.3. The van der Waals surface area contributed by atoms with Gasteiger partial charge in [0.2, 0.25) is 11.2 Å². The summed E-state index contributed by atoms with van der Waals surface area (Å²) in [5, 5.41) is 38.9. The summed E-state index contributed by atoms with van der Waals surface area (Å²) in [4.78, 5) is 25.5. The molecule has 34 heavy (non-hydrogen) atoms. The van der Waals surface area contributed by atoms with Crippen LogP contribution in [-0.2, 0) is 4.79 Å². The van der Waals surface area contributed by atoms with Crippen LogP contribution < -0.4 is 10.2 Å². The fraction of sp³-hybridized carbons (Fsp3) is 0.0400. The highest BCUT2D eigenvalue weighted by Crippen LogP contribution is 2.36. The predicted molar refractivity (Wildman–Crippen MR) is 126 cm³/mol. The van der Waals surface area contributed by atoms with E-state index in [-0.39, 0.29) is 44.8 Å². The van der Waals surface area contributed by atoms with Gasteiger partial charge >= 0.3 is 0 Å². The summed E-state index contributed by atoms with van der Waals surface area (Å²) in [5.41, 5.74) is 0.0875. The Hall–Kier alpha value is -4.43. The maximum Gasteiger partial charge on any atom is 0.239 e. The van der Waals surface area contributed by atoms with E-state index in [2.05, 4.69) is 0 Å². The molecule has 4 aromatic rings. The van der Waals surface area contributed by atoms with Gasteiger partial charge in [0.15, 0.2) is 18.2 Å². The van der Waals surface area contributed by atoms with Crippen LogP contribution in [0.4, 0.5) is 0 Å². The molecule has 3 aromatic carbocycles. The largest absolute Gasteiger partial charge is 0.508 e. The zero-order chi connectivity index (χ0) is 24.4. The van der Waals surface area contributed by atoms with Crippen molar-refractivity contribution in [3.8, 4) is 40.1 Å². The summed E-state index contributed by atoms with van der Waals surface area (Å²) in [6.45, 7) is -0.525. The van der Waals surface area contributed by atoms with Gasteiger partial charge in [-0.3, -0.25) is 9.59 Å². The quantitative estimate of drug-likeness (QED) is 0.294. The molecule has 0 aliphatic rings. The zero-order valence-corrected chi connectivity index (χ0v) is 18.1. The Labute approximate surface area is 197 Å². The lowest BCUT2D eigenvalue weighted by molar-refractivity contribution is -0.116. The van der Waals surface area contributed by atoms with Crippen LogP contribution in [-0.4, -0.2) is 32.8 Å². The van der Waals surface area contributed by atoms with Crippen molar-refractivity contribution in [2.45, 2.75) is 0 Å². The second-order valence-corrected chi connectivity index (χ2v) is 7.68. The lowest BCUT2D eigenvalue weighted by Gasteiger charge is -2.12. The van der Waals surface area contributed by atoms with E-state index in [9.17, 15) is 30.0 Å². The summed E-state index contributed by atoms with van der Waals surface area (Å²) >= 11 is 5.85. The van der Waals surface area contributed by atoms with Crippen LogP contribution in [0, 0.1) is 0 Å². The second kappa shape index (κ2) is 9.21. The number of hydrogen-bond donors (Lipinski definition) is 4. The van der Waals surface area contributed by atoms with Gasteiger partial charge in [0, 0.05) is 17.7 Å². The molecule has 8 nitrogen and oxygen atoms in total. The van der Waals surface area contributed by atoms with Crippen LogP contribution in [0.2, 0.25) is 5.02 Å². The molecule has 4 rings (SSSR count). The number of ether oxygens (including phenoxy) is 1. The predicted octanol–water partition coefficient (Wildman–Crippen LogP) is 4.60. The first-order chi connectivity index (χ1) is 16.2. The number of fused-ring (bicyclic) bond motifs is 1. The highest BCUT2D eigenvalue weighted by atomic mass is 35.5. The Bertz CT molecular complexity index is 1490. The molecular formula is C25H17ClO8. The van der Waals surface area contributed by atoms with E-state index in [1.807, 2.05) is 0 Å². The average Bonchev–Trinajstić information content (AvgIpc) is 2.79. The fourth-order valence-electron chi connectivity index (χ4n) is 3.21. The van der Waals surface area contributed by atoms with Gasteiger partial charge in [-0.2, -0.15) is 0 Å². The minimum absolute atomic E-state index is 0.0145. The number of carbonyl (C=O) groups is 1. The molecule has 0 saturated carbocycles. The van der Waals surface area contributed by atoms with Gasteiger partial charge in [-0.05, 0) is 48.0 Å². The first kappa shape index (κ1) is 22.8. The Morgan fingerprint density at radius 2 is 1.68 bits per heavy atom. The topological polar surface area (TPSA) is 137 Å². The van der Waals surface area contributed by atoms with E-state index < -0.39 is 23.6 Å². The zero-order valence-electron chi connectivity index (χ0n) is 17.4. The van der Waals surface area contributed by atoms with E-state index in [0.29, 0.717) is 11.1 Å². The molecule has 0 radical (unpaired) electrons. The summed E-state index contributed by atoms with van der Waals surface area (Å²) in [7, 11) is 0. The molecule has 0 bridgehead atoms. The Balaban J connectivity index is 1.69. The smallest absolute Gasteiger partial charge is 0.239 e. The molecule has 0 saturated heterocycles. The van der Waals surface area contributed by atoms with E-state index in [1.165, 1.54) is 54.6 Å². The Kier molecular flexibility index (Phi) is 6.16. The van der Waals surface area contributed by atoms with E-state index in [1.54, 1.807) is 6.07 Å². The third kappa shape index (κ3) is 4.67. The SMILES string of the molecule is O=C(/C=C/c1ccc(O)c(Cl)c1)COc1c(-c2ccc(O)cc2)oc2cc(O)cc(O)c2c1=O. The normalized spacial score (nSPS) is 11.2. The van der Waals surface area contributed by atoms with Crippen LogP contribution >= 0.6 is 11.6 Å². The van der Waals surface area contributed by atoms with Crippen molar-refractivity contribution < 1.29 is 34.4 Å². The number of benzene rings is 3. The van der Waals surface area contributed by atoms with Gasteiger partial charge < -0.3 is 29.6 Å². The molecule has 4 N–H and O–H groups in total. The van der Waals surface area contributed by atoms with Crippen molar-refractivity contribution in [2.75, 3.05) is 6.61 Å². The first-order valence-electron chi connectivity index (χ1n) is 9.87. The van der Waals surface area contributed by atoms with Gasteiger partial charge in [-0.1, -0.05) is 23.7 Å². The molecule has 0 fully saturated rings. The van der Waals surface area contributed by atoms with Crippen LogP contribution in [0.25, 0.3) is 28.4 Å². The van der Waals surface area contributed by atoms with Crippen LogP contribution in [0.15, 0.2) is 69.9 Å². The molecule has 0 amide bonds. The average molecular weight is 481 g/mol. The van der Waals surface area contributed by atoms with Crippen LogP contribution in [0.3, 0.4) is 0 Å². The van der Waals surface area contributed by atoms with Gasteiger partial charge in [-0.15, -0.1) is 0 Å². The number of rotatable bonds is 6. The maximum atomic E-state index is 13.1. The lowest BCUT2D eigenvalue weighted by atomic mass is 10.1. The first-order valence-corrected chi connectivity index (χ1v) is 10.2. The number of phenolic OH excluding ortho intramolecular Hbond substituents is 4. The number of carbonyl (C=O) groups excluding carboxylic acids is 1. The van der Waals surface area contributed by atoms with Gasteiger partial charge in [-0.25, -0.2) is 0 Å². The summed E-state index contributed by atoms with van der Waals surface area (Å²) in [6, 6.07) is 12.3. The van der Waals surface area contributed by atoms with Crippen molar-refractivity contribution in [3.05, 3.63) is 81.5 Å². The van der Waals surface area contributed by atoms with Crippen molar-refractivity contribution in [1.29, 1.82) is 0 Å². The molecule has 0 atom stereocenters. The van der Waals surface area contributed by atoms with Crippen molar-refractivity contribution in [2.24, 2.45) is 0 Å². The van der Waals surface area contributed by atoms with Crippen molar-refractivity contribution in [1.82, 2.24) is 0 Å². The summed E-state index contributed by atoms with van der Waals surface area (Å²) in [5.74, 6) is -1.79. The van der Waals surface area contributed by atoms with Crippen molar-refractivity contribution in [3.63, 3.8) is 0 Å². The van der Waals surface area contributed by atoms with Crippen molar-refractivity contribution >= 4 is 34.4 Å². The van der Waals surface area contributed by atoms with Gasteiger partial charge in [0.25, 0.3) is 0 Å². The minimum atomic E-state index is -0.746. The maximum absolute atomic E-state index is 13.1. The number of hydrogen-bond acceptors (Lipinski definition) is 8. The molecule has 0 aliphatic heterocycles. The molecular weight excluding hydrogens is 464 g/mol. The molecule has 0 unspecified atom stereocenters. The third-order valence-corrected chi connectivity index (χ3v) is 5.14. The van der Waals surface area contributed by atoms with E-state index in [4.69, 9.17) is 20.8 Å². The fourth-order valence-corrected chi connectivity index (χ4v) is 3.40. The third-order valence-electron chi connectivity index (χ3n) is 4.84. The molecule has 1 heterocycles. The van der Waals surface area contributed by atoms with E-state index >= 15 is 0 Å². The monoisotopic (exact) mass is 480 g/mol. The van der Waals surface area contributed by atoms with Gasteiger partial charge in [0.05, 0.1) is 5.02 Å². The highest BCUT2D eigenvalue weighted by molar-refractivity contribution is 6.32. The number of ketones is 1. The lowest BCUT2D eigenvalue weighted by Crippen LogP contribution is -2.15. The molecule has 9 heteroatoms. The number of halogens is 1. The standard InChI is InChI=1S/C25H17ClO8/c26-18-9-13(2-8-19(18)30)1-5-16(28)12-33-25-23(32)22-20(31)10-17(29)11-21(22)34-24(25)14-3-6-15(27)7-4-14/h1-11,27,29-31H,12H2/b5-1+. The molecule has 0 spiro atoms. The summed E-state index contributed by atoms with van der Waals surface area (Å²) in [6.07, 6.45) is 2.69. The highest BCUT2D eigenvalue weighted by Gasteiger charge is 2.21. The Morgan fingerprint density at radius 1 is 0.941 bits per heavy atom. The number of phenols is 4. The molecule has 0 aliphatic carbocycles. The second-order valence-electron chi connectivity index (χ2n) is 7.27. The number of aromatic hydroxyl groups is 4. The van der Waals surface area contributed by atoms with Crippen LogP contribution in [0.1, 0.15) is 5.56 Å². The van der Waals surface area contributed by atoms with Crippen LogP contribution in [0.5, 0.6) is 28.7 Å². The minimum Gasteiger partial charge on any atom is -0.508 e. The molecule has 172 valence electrons. The molecule has 1 aromatic heterocycles. The van der Waals surface area contributed by atoms with E-state index in [0.717, 1.165) is 6.07 Å².